The highest BCUT2D eigenvalue weighted by Crippen LogP contribution is 2.43. The highest BCUT2D eigenvalue weighted by atomic mass is 35.5. The average molecular weight is 477 g/mol. The molecule has 1 unspecified atom stereocenters. The summed E-state index contributed by atoms with van der Waals surface area (Å²) in [7, 11) is 1.49. The Balaban J connectivity index is 1.92. The molecule has 1 saturated heterocycles. The second kappa shape index (κ2) is 8.95. The standard InChI is InChI=1S/C27H25ClN2O4/c1-27(2,3)17-7-9-18(10-8-17)30-23(16-6-5-13-29-15-16)22(25(32)26(30)33)24(31)20-14-19(34-4)11-12-21(20)28/h5-15,23,31H,1-4H3/b24-22+. The van der Waals surface area contributed by atoms with Crippen molar-refractivity contribution in [2.45, 2.75) is 32.2 Å². The maximum absolute atomic E-state index is 13.3. The molecule has 4 rings (SSSR count). The number of hydrogen-bond acceptors (Lipinski definition) is 5. The molecule has 1 fully saturated rings. The number of hydrogen-bond donors (Lipinski definition) is 1. The van der Waals surface area contributed by atoms with E-state index in [9.17, 15) is 14.7 Å². The van der Waals surface area contributed by atoms with Crippen LogP contribution in [-0.4, -0.2) is 28.9 Å². The quantitative estimate of drug-likeness (QED) is 0.298. The van der Waals surface area contributed by atoms with Crippen LogP contribution < -0.4 is 9.64 Å². The van der Waals surface area contributed by atoms with Gasteiger partial charge in [-0.2, -0.15) is 0 Å². The lowest BCUT2D eigenvalue weighted by atomic mass is 9.87. The summed E-state index contributed by atoms with van der Waals surface area (Å²) in [6.07, 6.45) is 3.18. The number of aliphatic hydroxyl groups is 1. The minimum atomic E-state index is -0.878. The Bertz CT molecular complexity index is 1280. The molecule has 2 aromatic carbocycles. The Hall–Kier alpha value is -3.64. The van der Waals surface area contributed by atoms with Crippen molar-refractivity contribution in [3.63, 3.8) is 0 Å². The number of aliphatic hydroxyl groups excluding tert-OH is 1. The van der Waals surface area contributed by atoms with E-state index in [1.54, 1.807) is 36.7 Å². The summed E-state index contributed by atoms with van der Waals surface area (Å²) in [5.41, 5.74) is 2.29. The van der Waals surface area contributed by atoms with Gasteiger partial charge >= 0.3 is 0 Å². The van der Waals surface area contributed by atoms with E-state index in [-0.39, 0.29) is 27.3 Å². The van der Waals surface area contributed by atoms with Crippen LogP contribution in [0.3, 0.4) is 0 Å². The van der Waals surface area contributed by atoms with E-state index in [1.807, 2.05) is 24.3 Å². The fraction of sp³-hybridized carbons (Fsp3) is 0.222. The maximum atomic E-state index is 13.3. The zero-order valence-corrected chi connectivity index (χ0v) is 20.1. The van der Waals surface area contributed by atoms with Crippen LogP contribution in [0.1, 0.15) is 43.5 Å². The molecule has 0 saturated carbocycles. The predicted molar refractivity (Wildman–Crippen MR) is 132 cm³/mol. The van der Waals surface area contributed by atoms with Gasteiger partial charge in [0.05, 0.1) is 23.7 Å². The lowest BCUT2D eigenvalue weighted by Crippen LogP contribution is -2.29. The summed E-state index contributed by atoms with van der Waals surface area (Å²) < 4.78 is 5.25. The number of pyridine rings is 1. The van der Waals surface area contributed by atoms with Gasteiger partial charge in [0.2, 0.25) is 0 Å². The number of benzene rings is 2. The molecule has 2 heterocycles. The SMILES string of the molecule is COc1ccc(Cl)c(/C(O)=C2\C(=O)C(=O)N(c3ccc(C(C)(C)C)cc3)C2c2cccnc2)c1. The minimum absolute atomic E-state index is 0.0620. The molecule has 0 aliphatic carbocycles. The van der Waals surface area contributed by atoms with Crippen LogP contribution in [-0.2, 0) is 15.0 Å². The van der Waals surface area contributed by atoms with Crippen LogP contribution in [0.25, 0.3) is 5.76 Å². The Morgan fingerprint density at radius 2 is 1.79 bits per heavy atom. The van der Waals surface area contributed by atoms with Crippen LogP contribution in [0.5, 0.6) is 5.75 Å². The van der Waals surface area contributed by atoms with Crippen molar-refractivity contribution in [1.29, 1.82) is 0 Å². The van der Waals surface area contributed by atoms with Gasteiger partial charge in [0.1, 0.15) is 11.5 Å². The molecule has 1 N–H and O–H groups in total. The first kappa shape index (κ1) is 23.5. The second-order valence-corrected chi connectivity index (χ2v) is 9.51. The third kappa shape index (κ3) is 4.17. The van der Waals surface area contributed by atoms with E-state index in [2.05, 4.69) is 25.8 Å². The first-order chi connectivity index (χ1) is 16.1. The first-order valence-corrected chi connectivity index (χ1v) is 11.2. The first-order valence-electron chi connectivity index (χ1n) is 10.8. The van der Waals surface area contributed by atoms with Gasteiger partial charge in [-0.3, -0.25) is 19.5 Å². The molecule has 174 valence electrons. The van der Waals surface area contributed by atoms with Gasteiger partial charge in [-0.1, -0.05) is 50.6 Å². The van der Waals surface area contributed by atoms with Gasteiger partial charge in [-0.25, -0.2) is 0 Å². The number of aromatic nitrogens is 1. The summed E-state index contributed by atoms with van der Waals surface area (Å²) in [5, 5.41) is 11.5. The molecule has 0 radical (unpaired) electrons. The Kier molecular flexibility index (Phi) is 6.19. The molecule has 34 heavy (non-hydrogen) atoms. The van der Waals surface area contributed by atoms with Gasteiger partial charge in [0.25, 0.3) is 11.7 Å². The summed E-state index contributed by atoms with van der Waals surface area (Å²) in [4.78, 5) is 32.1. The number of ether oxygens (including phenoxy) is 1. The fourth-order valence-corrected chi connectivity index (χ4v) is 4.24. The molecule has 1 aliphatic heterocycles. The third-order valence-electron chi connectivity index (χ3n) is 5.88. The Labute approximate surface area is 203 Å². The van der Waals surface area contributed by atoms with Gasteiger partial charge in [0, 0.05) is 23.6 Å². The topological polar surface area (TPSA) is 79.7 Å². The third-order valence-corrected chi connectivity index (χ3v) is 6.21. The highest BCUT2D eigenvalue weighted by Gasteiger charge is 2.47. The number of rotatable bonds is 4. The Morgan fingerprint density at radius 1 is 1.09 bits per heavy atom. The van der Waals surface area contributed by atoms with Crippen molar-refractivity contribution in [2.24, 2.45) is 0 Å². The van der Waals surface area contributed by atoms with Crippen molar-refractivity contribution >= 4 is 34.7 Å². The van der Waals surface area contributed by atoms with Crippen molar-refractivity contribution in [2.75, 3.05) is 12.0 Å². The van der Waals surface area contributed by atoms with Crippen LogP contribution in [0.15, 0.2) is 72.6 Å². The molecule has 1 amide bonds. The van der Waals surface area contributed by atoms with Crippen molar-refractivity contribution < 1.29 is 19.4 Å². The number of Topliss-reactive ketones (excluding diaryl/α,β-unsaturated/α-hetero) is 1. The molecule has 0 spiro atoms. The maximum Gasteiger partial charge on any atom is 0.300 e. The number of carbonyl (C=O) groups excluding carboxylic acids is 2. The highest BCUT2D eigenvalue weighted by molar-refractivity contribution is 6.52. The summed E-state index contributed by atoms with van der Waals surface area (Å²) in [6, 6.07) is 14.9. The largest absolute Gasteiger partial charge is 0.507 e. The van der Waals surface area contributed by atoms with Crippen molar-refractivity contribution in [3.8, 4) is 5.75 Å². The molecular weight excluding hydrogens is 452 g/mol. The number of anilines is 1. The van der Waals surface area contributed by atoms with E-state index in [0.717, 1.165) is 5.56 Å². The van der Waals surface area contributed by atoms with Crippen molar-refractivity contribution in [1.82, 2.24) is 4.98 Å². The number of ketones is 1. The zero-order valence-electron chi connectivity index (χ0n) is 19.4. The number of halogens is 1. The van der Waals surface area contributed by atoms with Gasteiger partial charge in [-0.05, 0) is 52.9 Å². The predicted octanol–water partition coefficient (Wildman–Crippen LogP) is 5.67. The second-order valence-electron chi connectivity index (χ2n) is 9.10. The van der Waals surface area contributed by atoms with Gasteiger partial charge in [0.15, 0.2) is 0 Å². The fourth-order valence-electron chi connectivity index (χ4n) is 4.03. The summed E-state index contributed by atoms with van der Waals surface area (Å²) >= 11 is 6.35. The molecule has 1 aromatic heterocycles. The number of nitrogens with zero attached hydrogens (tertiary/aromatic N) is 2. The smallest absolute Gasteiger partial charge is 0.300 e. The molecule has 7 heteroatoms. The lowest BCUT2D eigenvalue weighted by Gasteiger charge is -2.26. The molecular formula is C27H25ClN2O4. The van der Waals surface area contributed by atoms with E-state index in [4.69, 9.17) is 16.3 Å². The summed E-state index contributed by atoms with van der Waals surface area (Å²) in [6.45, 7) is 6.30. The number of amides is 1. The van der Waals surface area contributed by atoms with Crippen molar-refractivity contribution in [3.05, 3.63) is 94.3 Å². The summed E-state index contributed by atoms with van der Waals surface area (Å²) in [5.74, 6) is -1.45. The lowest BCUT2D eigenvalue weighted by molar-refractivity contribution is -0.132. The van der Waals surface area contributed by atoms with E-state index < -0.39 is 17.7 Å². The molecule has 6 nitrogen and oxygen atoms in total. The molecule has 0 bridgehead atoms. The minimum Gasteiger partial charge on any atom is -0.507 e. The van der Waals surface area contributed by atoms with E-state index in [1.165, 1.54) is 18.1 Å². The van der Waals surface area contributed by atoms with Crippen LogP contribution >= 0.6 is 11.6 Å². The number of carbonyl (C=O) groups is 2. The van der Waals surface area contributed by atoms with Crippen LogP contribution in [0.2, 0.25) is 5.02 Å². The zero-order chi connectivity index (χ0) is 24.6. The van der Waals surface area contributed by atoms with Crippen LogP contribution in [0.4, 0.5) is 5.69 Å². The average Bonchev–Trinajstić information content (AvgIpc) is 3.09. The van der Waals surface area contributed by atoms with Gasteiger partial charge < -0.3 is 9.84 Å². The molecule has 1 aliphatic rings. The molecule has 1 atom stereocenters. The molecule has 3 aromatic rings. The normalized spacial score (nSPS) is 17.8. The van der Waals surface area contributed by atoms with Gasteiger partial charge in [-0.15, -0.1) is 0 Å². The number of methoxy groups -OCH3 is 1. The monoisotopic (exact) mass is 476 g/mol. The van der Waals surface area contributed by atoms with Crippen LogP contribution in [0, 0.1) is 0 Å². The Morgan fingerprint density at radius 3 is 2.38 bits per heavy atom. The van der Waals surface area contributed by atoms with E-state index >= 15 is 0 Å². The van der Waals surface area contributed by atoms with E-state index in [0.29, 0.717) is 17.0 Å².